The molecule has 1 N–H and O–H groups in total. The van der Waals surface area contributed by atoms with Crippen LogP contribution in [0.5, 0.6) is 0 Å². The number of likely N-dealkylation sites (tertiary alicyclic amines) is 1. The fraction of sp³-hybridized carbons (Fsp3) is 0.812. The molecule has 1 aromatic heterocycles. The highest BCUT2D eigenvalue weighted by atomic mass is 15.3. The monoisotopic (exact) mass is 276 g/mol. The highest BCUT2D eigenvalue weighted by Gasteiger charge is 2.40. The number of rotatable bonds is 4. The average Bonchev–Trinajstić information content (AvgIpc) is 3.10. The molecular weight excluding hydrogens is 248 g/mol. The van der Waals surface area contributed by atoms with Crippen molar-refractivity contribution in [2.45, 2.75) is 53.1 Å². The van der Waals surface area contributed by atoms with E-state index in [0.717, 1.165) is 19.5 Å². The molecule has 20 heavy (non-hydrogen) atoms. The maximum absolute atomic E-state index is 4.71. The van der Waals surface area contributed by atoms with E-state index in [1.807, 2.05) is 0 Å². The lowest BCUT2D eigenvalue weighted by Gasteiger charge is -2.23. The predicted molar refractivity (Wildman–Crippen MR) is 81.8 cm³/mol. The van der Waals surface area contributed by atoms with Crippen LogP contribution in [0.15, 0.2) is 0 Å². The maximum atomic E-state index is 4.71. The maximum Gasteiger partial charge on any atom is 0.0641 e. The molecule has 2 saturated heterocycles. The van der Waals surface area contributed by atoms with Crippen LogP contribution in [0, 0.1) is 19.3 Å². The minimum atomic E-state index is 0.571. The third-order valence-electron chi connectivity index (χ3n) is 5.20. The van der Waals surface area contributed by atoms with Gasteiger partial charge in [-0.2, -0.15) is 5.10 Å². The number of aryl methyl sites for hydroxylation is 2. The van der Waals surface area contributed by atoms with Crippen LogP contribution in [-0.4, -0.2) is 40.9 Å². The van der Waals surface area contributed by atoms with Gasteiger partial charge in [0.25, 0.3) is 0 Å². The van der Waals surface area contributed by atoms with Crippen molar-refractivity contribution < 1.29 is 0 Å². The first kappa shape index (κ1) is 14.1. The van der Waals surface area contributed by atoms with Crippen molar-refractivity contribution in [1.82, 2.24) is 20.0 Å². The van der Waals surface area contributed by atoms with Gasteiger partial charge < -0.3 is 5.32 Å². The zero-order valence-electron chi connectivity index (χ0n) is 13.2. The largest absolute Gasteiger partial charge is 0.316 e. The third kappa shape index (κ3) is 2.51. The van der Waals surface area contributed by atoms with E-state index in [-0.39, 0.29) is 0 Å². The minimum Gasteiger partial charge on any atom is -0.316 e. The molecule has 1 aromatic rings. The van der Waals surface area contributed by atoms with E-state index in [9.17, 15) is 0 Å². The molecule has 112 valence electrons. The molecule has 0 saturated carbocycles. The molecule has 4 nitrogen and oxygen atoms in total. The Balaban J connectivity index is 1.69. The van der Waals surface area contributed by atoms with Crippen LogP contribution in [0.3, 0.4) is 0 Å². The topological polar surface area (TPSA) is 33.1 Å². The van der Waals surface area contributed by atoms with Crippen molar-refractivity contribution in [2.24, 2.45) is 5.41 Å². The molecule has 2 aliphatic rings. The van der Waals surface area contributed by atoms with E-state index < -0.39 is 0 Å². The summed E-state index contributed by atoms with van der Waals surface area (Å²) in [4.78, 5) is 2.64. The standard InChI is InChI=1S/C16H28N4/c1-4-8-20-14(3)15(13(2)18-20)10-19-9-6-16(12-19)5-7-17-11-16/h17H,4-12H2,1-3H3. The Kier molecular flexibility index (Phi) is 3.87. The zero-order valence-corrected chi connectivity index (χ0v) is 13.2. The third-order valence-corrected chi connectivity index (χ3v) is 5.20. The van der Waals surface area contributed by atoms with Gasteiger partial charge in [0.1, 0.15) is 0 Å². The first-order valence-electron chi connectivity index (χ1n) is 8.09. The van der Waals surface area contributed by atoms with Crippen molar-refractivity contribution in [3.63, 3.8) is 0 Å². The Bertz CT molecular complexity index is 471. The molecule has 1 unspecified atom stereocenters. The van der Waals surface area contributed by atoms with Gasteiger partial charge in [-0.05, 0) is 51.6 Å². The number of aromatic nitrogens is 2. The average molecular weight is 276 g/mol. The Labute approximate surface area is 122 Å². The SMILES string of the molecule is CCCn1nc(C)c(CN2CCC3(CCNC3)C2)c1C. The quantitative estimate of drug-likeness (QED) is 0.914. The fourth-order valence-electron chi connectivity index (χ4n) is 3.92. The van der Waals surface area contributed by atoms with Gasteiger partial charge in [-0.1, -0.05) is 6.92 Å². The van der Waals surface area contributed by atoms with Crippen molar-refractivity contribution >= 4 is 0 Å². The van der Waals surface area contributed by atoms with Gasteiger partial charge in [-0.25, -0.2) is 0 Å². The van der Waals surface area contributed by atoms with Crippen LogP contribution in [0.25, 0.3) is 0 Å². The second-order valence-electron chi connectivity index (χ2n) is 6.76. The summed E-state index contributed by atoms with van der Waals surface area (Å²) in [6.45, 7) is 13.7. The molecule has 3 rings (SSSR count). The summed E-state index contributed by atoms with van der Waals surface area (Å²) in [6, 6.07) is 0. The molecule has 0 aliphatic carbocycles. The van der Waals surface area contributed by atoms with Crippen LogP contribution in [0.2, 0.25) is 0 Å². The number of hydrogen-bond donors (Lipinski definition) is 1. The zero-order chi connectivity index (χ0) is 14.2. The normalized spacial score (nSPS) is 26.9. The van der Waals surface area contributed by atoms with E-state index in [4.69, 9.17) is 5.10 Å². The van der Waals surface area contributed by atoms with E-state index in [1.165, 1.54) is 56.0 Å². The second-order valence-corrected chi connectivity index (χ2v) is 6.76. The predicted octanol–water partition coefficient (Wildman–Crippen LogP) is 2.10. The van der Waals surface area contributed by atoms with Gasteiger partial charge in [-0.3, -0.25) is 9.58 Å². The van der Waals surface area contributed by atoms with Crippen molar-refractivity contribution in [1.29, 1.82) is 0 Å². The molecular formula is C16H28N4. The summed E-state index contributed by atoms with van der Waals surface area (Å²) < 4.78 is 2.19. The smallest absolute Gasteiger partial charge is 0.0641 e. The molecule has 1 spiro atoms. The molecule has 0 aromatic carbocycles. The summed E-state index contributed by atoms with van der Waals surface area (Å²) in [6.07, 6.45) is 3.87. The molecule has 3 heterocycles. The number of hydrogen-bond acceptors (Lipinski definition) is 3. The molecule has 2 aliphatic heterocycles. The van der Waals surface area contributed by atoms with Gasteiger partial charge in [0.05, 0.1) is 5.69 Å². The van der Waals surface area contributed by atoms with Crippen LogP contribution in [0.4, 0.5) is 0 Å². The van der Waals surface area contributed by atoms with Gasteiger partial charge in [0, 0.05) is 37.4 Å². The Morgan fingerprint density at radius 3 is 2.85 bits per heavy atom. The Morgan fingerprint density at radius 1 is 1.30 bits per heavy atom. The van der Waals surface area contributed by atoms with Crippen molar-refractivity contribution in [3.05, 3.63) is 17.0 Å². The highest BCUT2D eigenvalue weighted by molar-refractivity contribution is 5.24. The lowest BCUT2D eigenvalue weighted by atomic mass is 9.86. The summed E-state index contributed by atoms with van der Waals surface area (Å²) in [5.41, 5.74) is 4.62. The van der Waals surface area contributed by atoms with E-state index in [0.29, 0.717) is 5.41 Å². The summed E-state index contributed by atoms with van der Waals surface area (Å²) >= 11 is 0. The lowest BCUT2D eigenvalue weighted by molar-refractivity contribution is 0.268. The van der Waals surface area contributed by atoms with Gasteiger partial charge in [0.15, 0.2) is 0 Å². The van der Waals surface area contributed by atoms with Gasteiger partial charge >= 0.3 is 0 Å². The molecule has 0 radical (unpaired) electrons. The molecule has 0 bridgehead atoms. The number of nitrogens with one attached hydrogen (secondary N) is 1. The molecule has 0 amide bonds. The summed E-state index contributed by atoms with van der Waals surface area (Å²) in [5.74, 6) is 0. The molecule has 1 atom stereocenters. The fourth-order valence-corrected chi connectivity index (χ4v) is 3.92. The van der Waals surface area contributed by atoms with E-state index in [2.05, 4.69) is 35.7 Å². The van der Waals surface area contributed by atoms with E-state index in [1.54, 1.807) is 0 Å². The number of nitrogens with zero attached hydrogens (tertiary/aromatic N) is 3. The van der Waals surface area contributed by atoms with Crippen molar-refractivity contribution in [2.75, 3.05) is 26.2 Å². The first-order chi connectivity index (χ1) is 9.63. The second kappa shape index (κ2) is 5.49. The summed E-state index contributed by atoms with van der Waals surface area (Å²) in [7, 11) is 0. The lowest BCUT2D eigenvalue weighted by Crippen LogP contribution is -2.29. The van der Waals surface area contributed by atoms with Crippen LogP contribution >= 0.6 is 0 Å². The van der Waals surface area contributed by atoms with Gasteiger partial charge in [0.2, 0.25) is 0 Å². The van der Waals surface area contributed by atoms with Crippen LogP contribution in [0.1, 0.15) is 43.1 Å². The van der Waals surface area contributed by atoms with Gasteiger partial charge in [-0.15, -0.1) is 0 Å². The van der Waals surface area contributed by atoms with Crippen LogP contribution in [-0.2, 0) is 13.1 Å². The Hall–Kier alpha value is -0.870. The van der Waals surface area contributed by atoms with Crippen LogP contribution < -0.4 is 5.32 Å². The molecule has 4 heteroatoms. The van der Waals surface area contributed by atoms with Crippen molar-refractivity contribution in [3.8, 4) is 0 Å². The summed E-state index contributed by atoms with van der Waals surface area (Å²) in [5, 5.41) is 8.25. The Morgan fingerprint density at radius 2 is 2.15 bits per heavy atom. The molecule has 2 fully saturated rings. The minimum absolute atomic E-state index is 0.571. The highest BCUT2D eigenvalue weighted by Crippen LogP contribution is 2.36. The first-order valence-corrected chi connectivity index (χ1v) is 8.09. The van der Waals surface area contributed by atoms with E-state index >= 15 is 0 Å².